The summed E-state index contributed by atoms with van der Waals surface area (Å²) in [7, 11) is 0. The average Bonchev–Trinajstić information content (AvgIpc) is 3.08. The van der Waals surface area contributed by atoms with Crippen LogP contribution in [0.15, 0.2) is 50.7 Å². The van der Waals surface area contributed by atoms with Crippen molar-refractivity contribution in [3.63, 3.8) is 0 Å². The summed E-state index contributed by atoms with van der Waals surface area (Å²) in [6, 6.07) is 8.90. The number of carbonyl (C=O) groups is 1. The van der Waals surface area contributed by atoms with Crippen LogP contribution in [0.5, 0.6) is 0 Å². The van der Waals surface area contributed by atoms with Crippen LogP contribution >= 0.6 is 11.3 Å². The van der Waals surface area contributed by atoms with Gasteiger partial charge in [0, 0.05) is 19.5 Å². The largest absolute Gasteiger partial charge is 0.356 e. The highest BCUT2D eigenvalue weighted by Gasteiger charge is 2.08. The van der Waals surface area contributed by atoms with E-state index >= 15 is 0 Å². The Kier molecular flexibility index (Phi) is 4.90. The van der Waals surface area contributed by atoms with Gasteiger partial charge in [0.15, 0.2) is 0 Å². The van der Waals surface area contributed by atoms with Gasteiger partial charge in [-0.15, -0.1) is 0 Å². The number of thiophene rings is 1. The first kappa shape index (κ1) is 16.2. The van der Waals surface area contributed by atoms with Crippen molar-refractivity contribution < 1.29 is 4.79 Å². The third-order valence-corrected chi connectivity index (χ3v) is 4.52. The Morgan fingerprint density at radius 1 is 1.21 bits per heavy atom. The molecule has 0 aliphatic heterocycles. The molecule has 0 saturated carbocycles. The number of para-hydroxylation sites is 1. The van der Waals surface area contributed by atoms with E-state index in [9.17, 15) is 14.4 Å². The zero-order valence-electron chi connectivity index (χ0n) is 13.0. The maximum Gasteiger partial charge on any atom is 0.328 e. The smallest absolute Gasteiger partial charge is 0.328 e. The summed E-state index contributed by atoms with van der Waals surface area (Å²) in [6.07, 6.45) is 0.969. The molecular formula is C17H17N3O3S. The highest BCUT2D eigenvalue weighted by Crippen LogP contribution is 2.07. The molecule has 3 aromatic rings. The molecule has 2 heterocycles. The third-order valence-electron chi connectivity index (χ3n) is 3.78. The molecule has 0 aliphatic rings. The van der Waals surface area contributed by atoms with Crippen molar-refractivity contribution in [2.75, 3.05) is 6.54 Å². The van der Waals surface area contributed by atoms with Gasteiger partial charge >= 0.3 is 5.69 Å². The van der Waals surface area contributed by atoms with E-state index in [1.165, 1.54) is 10.1 Å². The van der Waals surface area contributed by atoms with Crippen molar-refractivity contribution in [1.29, 1.82) is 0 Å². The molecule has 1 amide bonds. The molecule has 1 aromatic carbocycles. The molecule has 124 valence electrons. The maximum absolute atomic E-state index is 12.0. The number of benzene rings is 1. The van der Waals surface area contributed by atoms with Gasteiger partial charge in [-0.05, 0) is 40.9 Å². The van der Waals surface area contributed by atoms with E-state index in [1.54, 1.807) is 35.6 Å². The minimum Gasteiger partial charge on any atom is -0.356 e. The van der Waals surface area contributed by atoms with Gasteiger partial charge in [-0.1, -0.05) is 12.1 Å². The van der Waals surface area contributed by atoms with E-state index in [4.69, 9.17) is 0 Å². The summed E-state index contributed by atoms with van der Waals surface area (Å²) in [5.74, 6) is -0.118. The minimum absolute atomic E-state index is 0.118. The second-order valence-corrected chi connectivity index (χ2v) is 6.19. The Bertz CT molecular complexity index is 957. The predicted molar refractivity (Wildman–Crippen MR) is 94.5 cm³/mol. The Labute approximate surface area is 141 Å². The van der Waals surface area contributed by atoms with Crippen LogP contribution in [0.4, 0.5) is 0 Å². The van der Waals surface area contributed by atoms with E-state index in [1.807, 2.05) is 11.4 Å². The van der Waals surface area contributed by atoms with Crippen LogP contribution in [0, 0.1) is 0 Å². The first-order valence-corrected chi connectivity index (χ1v) is 8.59. The average molecular weight is 343 g/mol. The molecule has 7 heteroatoms. The topological polar surface area (TPSA) is 84.0 Å². The lowest BCUT2D eigenvalue weighted by molar-refractivity contribution is -0.121. The van der Waals surface area contributed by atoms with Crippen molar-refractivity contribution in [1.82, 2.24) is 14.9 Å². The maximum atomic E-state index is 12.0. The van der Waals surface area contributed by atoms with Crippen LogP contribution in [0.2, 0.25) is 0 Å². The lowest BCUT2D eigenvalue weighted by atomic mass is 10.2. The number of hydrogen-bond donors (Lipinski definition) is 2. The molecule has 0 radical (unpaired) electrons. The summed E-state index contributed by atoms with van der Waals surface area (Å²) in [5.41, 5.74) is 0.831. The van der Waals surface area contributed by atoms with Crippen molar-refractivity contribution in [3.05, 3.63) is 67.5 Å². The molecule has 0 bridgehead atoms. The van der Waals surface area contributed by atoms with Gasteiger partial charge in [-0.25, -0.2) is 4.79 Å². The molecule has 0 aliphatic carbocycles. The van der Waals surface area contributed by atoms with Crippen molar-refractivity contribution >= 4 is 28.1 Å². The minimum atomic E-state index is -0.496. The number of nitrogens with zero attached hydrogens (tertiary/aromatic N) is 1. The number of aryl methyl sites for hydroxylation is 1. The molecule has 24 heavy (non-hydrogen) atoms. The van der Waals surface area contributed by atoms with Gasteiger partial charge in [0.1, 0.15) is 0 Å². The quantitative estimate of drug-likeness (QED) is 0.711. The summed E-state index contributed by atoms with van der Waals surface area (Å²) < 4.78 is 1.43. The highest BCUT2D eigenvalue weighted by molar-refractivity contribution is 7.07. The van der Waals surface area contributed by atoms with E-state index in [-0.39, 0.29) is 18.9 Å². The fraction of sp³-hybridized carbons (Fsp3) is 0.235. The SMILES string of the molecule is O=C(CCn1c(=O)[nH]c(=O)c2ccccc21)NCCc1ccsc1. The zero-order chi connectivity index (χ0) is 16.9. The lowest BCUT2D eigenvalue weighted by Crippen LogP contribution is -2.33. The van der Waals surface area contributed by atoms with Crippen molar-refractivity contribution in [3.8, 4) is 0 Å². The fourth-order valence-corrected chi connectivity index (χ4v) is 3.25. The molecule has 0 atom stereocenters. The lowest BCUT2D eigenvalue weighted by Gasteiger charge is -2.09. The first-order valence-electron chi connectivity index (χ1n) is 7.65. The highest BCUT2D eigenvalue weighted by atomic mass is 32.1. The summed E-state index contributed by atoms with van der Waals surface area (Å²) >= 11 is 1.63. The van der Waals surface area contributed by atoms with Crippen LogP contribution in [0.1, 0.15) is 12.0 Å². The van der Waals surface area contributed by atoms with Gasteiger partial charge in [0.25, 0.3) is 5.56 Å². The molecule has 2 N–H and O–H groups in total. The molecular weight excluding hydrogens is 326 g/mol. The van der Waals surface area contributed by atoms with Gasteiger partial charge in [-0.3, -0.25) is 19.1 Å². The first-order chi connectivity index (χ1) is 11.6. The molecule has 3 rings (SSSR count). The van der Waals surface area contributed by atoms with E-state index in [0.29, 0.717) is 17.4 Å². The normalized spacial score (nSPS) is 10.8. The van der Waals surface area contributed by atoms with Crippen LogP contribution in [0.25, 0.3) is 10.9 Å². The molecule has 0 spiro atoms. The predicted octanol–water partition coefficient (Wildman–Crippen LogP) is 1.50. The number of H-pyrrole nitrogens is 1. The third kappa shape index (κ3) is 3.62. The monoisotopic (exact) mass is 343 g/mol. The van der Waals surface area contributed by atoms with Crippen LogP contribution in [-0.2, 0) is 17.8 Å². The number of fused-ring (bicyclic) bond motifs is 1. The van der Waals surface area contributed by atoms with Crippen molar-refractivity contribution in [2.24, 2.45) is 0 Å². The van der Waals surface area contributed by atoms with Crippen LogP contribution in [-0.4, -0.2) is 22.0 Å². The number of aromatic amines is 1. The molecule has 0 fully saturated rings. The number of hydrogen-bond acceptors (Lipinski definition) is 4. The van der Waals surface area contributed by atoms with E-state index in [0.717, 1.165) is 6.42 Å². The molecule has 2 aromatic heterocycles. The van der Waals surface area contributed by atoms with Gasteiger partial charge < -0.3 is 5.32 Å². The molecule has 0 unspecified atom stereocenters. The number of carbonyl (C=O) groups excluding carboxylic acids is 1. The summed E-state index contributed by atoms with van der Waals surface area (Å²) in [4.78, 5) is 38.1. The number of nitrogens with one attached hydrogen (secondary N) is 2. The Morgan fingerprint density at radius 2 is 2.04 bits per heavy atom. The number of amides is 1. The van der Waals surface area contributed by atoms with Gasteiger partial charge in [0.2, 0.25) is 5.91 Å². The Balaban J connectivity index is 1.64. The molecule has 6 nitrogen and oxygen atoms in total. The fourth-order valence-electron chi connectivity index (χ4n) is 2.55. The number of rotatable bonds is 6. The van der Waals surface area contributed by atoms with Crippen LogP contribution < -0.4 is 16.6 Å². The van der Waals surface area contributed by atoms with Crippen LogP contribution in [0.3, 0.4) is 0 Å². The Morgan fingerprint density at radius 3 is 2.83 bits per heavy atom. The second-order valence-electron chi connectivity index (χ2n) is 5.41. The Hall–Kier alpha value is -2.67. The zero-order valence-corrected chi connectivity index (χ0v) is 13.8. The van der Waals surface area contributed by atoms with Crippen molar-refractivity contribution in [2.45, 2.75) is 19.4 Å². The van der Waals surface area contributed by atoms with E-state index in [2.05, 4.69) is 15.7 Å². The standard InChI is InChI=1S/C17H17N3O3S/c21-15(18-8-5-12-7-10-24-11-12)6-9-20-14-4-2-1-3-13(14)16(22)19-17(20)23/h1-4,7,10-11H,5-6,8-9H2,(H,18,21)(H,19,22,23). The van der Waals surface area contributed by atoms with Gasteiger partial charge in [0.05, 0.1) is 10.9 Å². The molecule has 0 saturated heterocycles. The summed E-state index contributed by atoms with van der Waals surface area (Å²) in [5, 5.41) is 7.35. The van der Waals surface area contributed by atoms with E-state index < -0.39 is 11.2 Å². The number of aromatic nitrogens is 2. The van der Waals surface area contributed by atoms with Gasteiger partial charge in [-0.2, -0.15) is 11.3 Å². The summed E-state index contributed by atoms with van der Waals surface area (Å²) in [6.45, 7) is 0.789. The second kappa shape index (κ2) is 7.27.